The first kappa shape index (κ1) is 23.8. The van der Waals surface area contributed by atoms with Gasteiger partial charge in [0.15, 0.2) is 17.5 Å². The Labute approximate surface area is 180 Å². The van der Waals surface area contributed by atoms with Gasteiger partial charge in [-0.3, -0.25) is 9.89 Å². The summed E-state index contributed by atoms with van der Waals surface area (Å²) in [6.07, 6.45) is 0.838. The molecule has 0 amide bonds. The Morgan fingerprint density at radius 1 is 1.19 bits per heavy atom. The molecule has 1 aromatic carbocycles. The van der Waals surface area contributed by atoms with Gasteiger partial charge in [-0.2, -0.15) is 0 Å². The van der Waals surface area contributed by atoms with Gasteiger partial charge in [0, 0.05) is 38.8 Å². The third-order valence-corrected chi connectivity index (χ3v) is 4.85. The molecule has 0 aliphatic carbocycles. The molecule has 1 heterocycles. The molecule has 0 radical (unpaired) electrons. The molecular weight excluding hydrogens is 457 g/mol. The number of nitrogens with one attached hydrogen (secondary N) is 1. The van der Waals surface area contributed by atoms with Gasteiger partial charge in [0.25, 0.3) is 0 Å². The van der Waals surface area contributed by atoms with E-state index in [9.17, 15) is 0 Å². The second kappa shape index (κ2) is 12.2. The molecular formula is C19H34IN5O2. The number of benzene rings is 1. The van der Waals surface area contributed by atoms with Crippen molar-refractivity contribution in [1.82, 2.24) is 15.1 Å². The minimum atomic E-state index is 0. The van der Waals surface area contributed by atoms with Crippen LogP contribution < -0.4 is 20.5 Å². The molecule has 7 nitrogen and oxygen atoms in total. The summed E-state index contributed by atoms with van der Waals surface area (Å²) >= 11 is 0. The van der Waals surface area contributed by atoms with E-state index in [4.69, 9.17) is 15.2 Å². The summed E-state index contributed by atoms with van der Waals surface area (Å²) in [6, 6.07) is 6.35. The number of ether oxygens (including phenoxy) is 2. The van der Waals surface area contributed by atoms with E-state index in [2.05, 4.69) is 34.1 Å². The Kier molecular flexibility index (Phi) is 10.8. The molecule has 1 aliphatic rings. The largest absolute Gasteiger partial charge is 0.493 e. The van der Waals surface area contributed by atoms with Gasteiger partial charge in [-0.25, -0.2) is 0 Å². The van der Waals surface area contributed by atoms with E-state index in [1.807, 2.05) is 18.2 Å². The van der Waals surface area contributed by atoms with Gasteiger partial charge >= 0.3 is 0 Å². The molecule has 1 aromatic rings. The van der Waals surface area contributed by atoms with Crippen LogP contribution in [0.15, 0.2) is 23.2 Å². The average Bonchev–Trinajstić information content (AvgIpc) is 2.66. The summed E-state index contributed by atoms with van der Waals surface area (Å²) in [5, 5.41) is 3.19. The molecule has 1 unspecified atom stereocenters. The van der Waals surface area contributed by atoms with Crippen molar-refractivity contribution in [1.29, 1.82) is 0 Å². The molecule has 1 fully saturated rings. The molecule has 1 saturated heterocycles. The molecule has 1 atom stereocenters. The number of methoxy groups -OCH3 is 2. The molecule has 3 N–H and O–H groups in total. The number of hydrogen-bond acceptors (Lipinski definition) is 5. The molecule has 0 bridgehead atoms. The lowest BCUT2D eigenvalue weighted by Crippen LogP contribution is -2.49. The maximum Gasteiger partial charge on any atom is 0.188 e. The Morgan fingerprint density at radius 2 is 1.85 bits per heavy atom. The molecule has 27 heavy (non-hydrogen) atoms. The van der Waals surface area contributed by atoms with Crippen LogP contribution in [-0.4, -0.2) is 82.3 Å². The zero-order chi connectivity index (χ0) is 18.9. The molecule has 0 aromatic heterocycles. The van der Waals surface area contributed by atoms with E-state index in [1.54, 1.807) is 14.2 Å². The van der Waals surface area contributed by atoms with Gasteiger partial charge < -0.3 is 25.4 Å². The SMILES string of the molecule is COc1ccc(CCNC(N)=NCC(C)N2CCN(C)CC2)cc1OC.I. The normalized spacial score (nSPS) is 17.1. The second-order valence-corrected chi connectivity index (χ2v) is 6.78. The highest BCUT2D eigenvalue weighted by atomic mass is 127. The average molecular weight is 491 g/mol. The van der Waals surface area contributed by atoms with Crippen LogP contribution in [0.4, 0.5) is 0 Å². The fraction of sp³-hybridized carbons (Fsp3) is 0.632. The van der Waals surface area contributed by atoms with Crippen molar-refractivity contribution >= 4 is 29.9 Å². The topological polar surface area (TPSA) is 75.4 Å². The minimum Gasteiger partial charge on any atom is -0.493 e. The first-order valence-electron chi connectivity index (χ1n) is 9.20. The van der Waals surface area contributed by atoms with Crippen molar-refractivity contribution in [3.63, 3.8) is 0 Å². The maximum absolute atomic E-state index is 6.01. The van der Waals surface area contributed by atoms with Crippen LogP contribution in [0.2, 0.25) is 0 Å². The van der Waals surface area contributed by atoms with Gasteiger partial charge in [-0.15, -0.1) is 24.0 Å². The maximum atomic E-state index is 6.01. The van der Waals surface area contributed by atoms with Gasteiger partial charge in [-0.1, -0.05) is 6.07 Å². The fourth-order valence-corrected chi connectivity index (χ4v) is 3.04. The Bertz CT molecular complexity index is 591. The summed E-state index contributed by atoms with van der Waals surface area (Å²) in [5.41, 5.74) is 7.17. The van der Waals surface area contributed by atoms with Crippen LogP contribution in [-0.2, 0) is 6.42 Å². The third-order valence-electron chi connectivity index (χ3n) is 4.85. The summed E-state index contributed by atoms with van der Waals surface area (Å²) in [7, 11) is 5.45. The lowest BCUT2D eigenvalue weighted by molar-refractivity contribution is 0.122. The molecule has 154 valence electrons. The summed E-state index contributed by atoms with van der Waals surface area (Å²) < 4.78 is 10.6. The zero-order valence-corrected chi connectivity index (χ0v) is 19.2. The number of likely N-dealkylation sites (N-methyl/N-ethyl adjacent to an activating group) is 1. The summed E-state index contributed by atoms with van der Waals surface area (Å²) in [5.74, 6) is 1.99. The predicted molar refractivity (Wildman–Crippen MR) is 122 cm³/mol. The molecule has 0 saturated carbocycles. The number of nitrogens with zero attached hydrogens (tertiary/aromatic N) is 3. The molecule has 2 rings (SSSR count). The summed E-state index contributed by atoms with van der Waals surface area (Å²) in [4.78, 5) is 9.32. The fourth-order valence-electron chi connectivity index (χ4n) is 3.04. The van der Waals surface area contributed by atoms with Crippen molar-refractivity contribution < 1.29 is 9.47 Å². The molecule has 0 spiro atoms. The number of hydrogen-bond donors (Lipinski definition) is 2. The smallest absolute Gasteiger partial charge is 0.188 e. The zero-order valence-electron chi connectivity index (χ0n) is 16.9. The number of rotatable bonds is 8. The highest BCUT2D eigenvalue weighted by Gasteiger charge is 2.18. The Balaban J connectivity index is 0.00000364. The van der Waals surface area contributed by atoms with E-state index in [0.29, 0.717) is 12.0 Å². The van der Waals surface area contributed by atoms with Crippen LogP contribution in [0.5, 0.6) is 11.5 Å². The quantitative estimate of drug-likeness (QED) is 0.326. The molecule has 8 heteroatoms. The van der Waals surface area contributed by atoms with Crippen LogP contribution in [0.1, 0.15) is 12.5 Å². The Hall–Kier alpha value is -1.26. The van der Waals surface area contributed by atoms with Gasteiger partial charge in [0.2, 0.25) is 0 Å². The van der Waals surface area contributed by atoms with E-state index in [-0.39, 0.29) is 24.0 Å². The van der Waals surface area contributed by atoms with Crippen molar-refractivity contribution in [3.8, 4) is 11.5 Å². The van der Waals surface area contributed by atoms with Crippen LogP contribution in [0, 0.1) is 0 Å². The number of piperazine rings is 1. The summed E-state index contributed by atoms with van der Waals surface area (Å²) in [6.45, 7) is 8.10. The van der Waals surface area contributed by atoms with Crippen molar-refractivity contribution in [2.45, 2.75) is 19.4 Å². The highest BCUT2D eigenvalue weighted by Crippen LogP contribution is 2.27. The van der Waals surface area contributed by atoms with E-state index < -0.39 is 0 Å². The van der Waals surface area contributed by atoms with Crippen LogP contribution in [0.25, 0.3) is 0 Å². The van der Waals surface area contributed by atoms with Gasteiger partial charge in [0.05, 0.1) is 20.8 Å². The van der Waals surface area contributed by atoms with E-state index in [0.717, 1.165) is 62.8 Å². The minimum absolute atomic E-state index is 0. The van der Waals surface area contributed by atoms with Crippen molar-refractivity contribution in [2.75, 3.05) is 60.5 Å². The second-order valence-electron chi connectivity index (χ2n) is 6.78. The lowest BCUT2D eigenvalue weighted by atomic mass is 10.1. The first-order chi connectivity index (χ1) is 12.5. The van der Waals surface area contributed by atoms with E-state index >= 15 is 0 Å². The van der Waals surface area contributed by atoms with Crippen molar-refractivity contribution in [3.05, 3.63) is 23.8 Å². The number of nitrogens with two attached hydrogens (primary N) is 1. The highest BCUT2D eigenvalue weighted by molar-refractivity contribution is 14.0. The van der Waals surface area contributed by atoms with Crippen molar-refractivity contribution in [2.24, 2.45) is 10.7 Å². The standard InChI is InChI=1S/C19H33N5O2.HI/c1-15(24-11-9-23(2)10-12-24)14-22-19(20)21-8-7-16-5-6-17(25-3)18(13-16)26-4;/h5-6,13,15H,7-12,14H2,1-4H3,(H3,20,21,22);1H. The lowest BCUT2D eigenvalue weighted by Gasteiger charge is -2.35. The van der Waals surface area contributed by atoms with Gasteiger partial charge in [0.1, 0.15) is 0 Å². The number of aliphatic imine (C=N–C) groups is 1. The van der Waals surface area contributed by atoms with Crippen LogP contribution in [0.3, 0.4) is 0 Å². The van der Waals surface area contributed by atoms with Crippen LogP contribution >= 0.6 is 24.0 Å². The number of halogens is 1. The molecule has 1 aliphatic heterocycles. The monoisotopic (exact) mass is 491 g/mol. The van der Waals surface area contributed by atoms with E-state index in [1.165, 1.54) is 0 Å². The Morgan fingerprint density at radius 3 is 2.48 bits per heavy atom. The first-order valence-corrected chi connectivity index (χ1v) is 9.20. The predicted octanol–water partition coefficient (Wildman–Crippen LogP) is 1.40. The number of guanidine groups is 1. The third kappa shape index (κ3) is 7.71. The van der Waals surface area contributed by atoms with Gasteiger partial charge in [-0.05, 0) is 38.1 Å².